The lowest BCUT2D eigenvalue weighted by atomic mass is 9.86. The molecule has 0 bridgehead atoms. The fraction of sp³-hybridized carbons (Fsp3) is 0.174. The standard InChI is InChI=1S/C23H16ClF4N5O2/c24-21-20-19(29-12-30-21)17(11-32(20)7-8-34)22(35,23(26,27)28)14-1-6-18-13(9-14)10-31-33(18)16-4-2-15(25)3-5-16/h1-6,9-12,34-35H,7-8H2. The van der Waals surface area contributed by atoms with Crippen LogP contribution < -0.4 is 0 Å². The number of aliphatic hydroxyl groups is 2. The Balaban J connectivity index is 1.72. The molecule has 3 heterocycles. The van der Waals surface area contributed by atoms with Crippen molar-refractivity contribution in [1.82, 2.24) is 24.3 Å². The number of fused-ring (bicyclic) bond motifs is 2. The molecule has 2 aromatic carbocycles. The van der Waals surface area contributed by atoms with E-state index in [1.807, 2.05) is 0 Å². The monoisotopic (exact) mass is 505 g/mol. The molecule has 0 spiro atoms. The number of benzene rings is 2. The minimum atomic E-state index is -5.15. The highest BCUT2D eigenvalue weighted by molar-refractivity contribution is 6.33. The molecule has 12 heteroatoms. The highest BCUT2D eigenvalue weighted by Crippen LogP contribution is 2.47. The van der Waals surface area contributed by atoms with Gasteiger partial charge in [0, 0.05) is 23.7 Å². The van der Waals surface area contributed by atoms with Gasteiger partial charge in [0.1, 0.15) is 17.7 Å². The number of hydrogen-bond donors (Lipinski definition) is 2. The van der Waals surface area contributed by atoms with Crippen LogP contribution >= 0.6 is 11.6 Å². The Hall–Kier alpha value is -3.54. The van der Waals surface area contributed by atoms with Gasteiger partial charge in [-0.3, -0.25) is 0 Å². The van der Waals surface area contributed by atoms with Crippen LogP contribution in [0.5, 0.6) is 0 Å². The number of halogens is 5. The molecule has 1 unspecified atom stereocenters. The molecule has 0 amide bonds. The van der Waals surface area contributed by atoms with Gasteiger partial charge in [-0.1, -0.05) is 17.7 Å². The molecule has 35 heavy (non-hydrogen) atoms. The van der Waals surface area contributed by atoms with Crippen LogP contribution in [0.15, 0.2) is 61.2 Å². The topological polar surface area (TPSA) is 89.0 Å². The third kappa shape index (κ3) is 3.63. The number of aliphatic hydroxyl groups excluding tert-OH is 1. The van der Waals surface area contributed by atoms with Gasteiger partial charge in [-0.05, 0) is 42.0 Å². The Morgan fingerprint density at radius 1 is 1.03 bits per heavy atom. The fourth-order valence-corrected chi connectivity index (χ4v) is 4.40. The molecule has 7 nitrogen and oxygen atoms in total. The Morgan fingerprint density at radius 3 is 2.46 bits per heavy atom. The zero-order valence-corrected chi connectivity index (χ0v) is 18.5. The smallest absolute Gasteiger partial charge is 0.395 e. The Bertz CT molecular complexity index is 1550. The van der Waals surface area contributed by atoms with Gasteiger partial charge >= 0.3 is 6.18 Å². The lowest BCUT2D eigenvalue weighted by Gasteiger charge is -2.30. The summed E-state index contributed by atoms with van der Waals surface area (Å²) in [5.41, 5.74) is -3.64. The van der Waals surface area contributed by atoms with E-state index in [4.69, 9.17) is 11.6 Å². The largest absolute Gasteiger partial charge is 0.425 e. The SMILES string of the molecule is OCCn1cc(C(O)(c2ccc3c(cnn3-c3ccc(F)cc3)c2)C(F)(F)F)c2ncnc(Cl)c21. The number of rotatable bonds is 5. The van der Waals surface area contributed by atoms with E-state index in [9.17, 15) is 27.8 Å². The maximum atomic E-state index is 14.6. The lowest BCUT2D eigenvalue weighted by molar-refractivity contribution is -0.247. The Labute approximate surface area is 199 Å². The van der Waals surface area contributed by atoms with Crippen molar-refractivity contribution < 1.29 is 27.8 Å². The van der Waals surface area contributed by atoms with E-state index in [0.717, 1.165) is 18.6 Å². The van der Waals surface area contributed by atoms with Crippen LogP contribution in [0.25, 0.3) is 27.6 Å². The van der Waals surface area contributed by atoms with E-state index in [-0.39, 0.29) is 29.3 Å². The van der Waals surface area contributed by atoms with Gasteiger partial charge in [-0.2, -0.15) is 18.3 Å². The highest BCUT2D eigenvalue weighted by Gasteiger charge is 2.58. The van der Waals surface area contributed by atoms with Crippen molar-refractivity contribution in [3.63, 3.8) is 0 Å². The van der Waals surface area contributed by atoms with Crippen LogP contribution in [-0.2, 0) is 12.1 Å². The molecule has 0 saturated carbocycles. The molecular weight excluding hydrogens is 490 g/mol. The molecule has 180 valence electrons. The van der Waals surface area contributed by atoms with Crippen LogP contribution in [0, 0.1) is 5.82 Å². The van der Waals surface area contributed by atoms with Crippen molar-refractivity contribution in [3.05, 3.63) is 83.3 Å². The lowest BCUT2D eigenvalue weighted by Crippen LogP contribution is -2.43. The van der Waals surface area contributed by atoms with E-state index in [1.54, 1.807) is 0 Å². The second-order valence-electron chi connectivity index (χ2n) is 7.84. The van der Waals surface area contributed by atoms with Crippen molar-refractivity contribution >= 4 is 33.5 Å². The third-order valence-electron chi connectivity index (χ3n) is 5.80. The summed E-state index contributed by atoms with van der Waals surface area (Å²) in [5, 5.41) is 25.1. The second-order valence-corrected chi connectivity index (χ2v) is 8.19. The van der Waals surface area contributed by atoms with Crippen molar-refractivity contribution in [2.45, 2.75) is 18.3 Å². The average Bonchev–Trinajstić information content (AvgIpc) is 3.41. The van der Waals surface area contributed by atoms with Gasteiger partial charge < -0.3 is 14.8 Å². The molecular formula is C23H16ClF4N5O2. The fourth-order valence-electron chi connectivity index (χ4n) is 4.16. The van der Waals surface area contributed by atoms with Gasteiger partial charge in [0.2, 0.25) is 5.60 Å². The van der Waals surface area contributed by atoms with E-state index < -0.39 is 28.7 Å². The molecule has 1 atom stereocenters. The normalized spacial score (nSPS) is 14.0. The van der Waals surface area contributed by atoms with Crippen LogP contribution in [0.4, 0.5) is 17.6 Å². The molecule has 2 N–H and O–H groups in total. The molecule has 0 aliphatic heterocycles. The van der Waals surface area contributed by atoms with E-state index >= 15 is 0 Å². The van der Waals surface area contributed by atoms with Crippen molar-refractivity contribution in [2.24, 2.45) is 0 Å². The van der Waals surface area contributed by atoms with Crippen LogP contribution in [0.3, 0.4) is 0 Å². The second kappa shape index (κ2) is 8.29. The van der Waals surface area contributed by atoms with E-state index in [0.29, 0.717) is 16.6 Å². The molecule has 0 aliphatic carbocycles. The molecule has 0 radical (unpaired) electrons. The summed E-state index contributed by atoms with van der Waals surface area (Å²) in [7, 11) is 0. The molecule has 0 saturated heterocycles. The van der Waals surface area contributed by atoms with Crippen LogP contribution in [-0.4, -0.2) is 47.3 Å². The van der Waals surface area contributed by atoms with Gasteiger partial charge in [0.25, 0.3) is 0 Å². The summed E-state index contributed by atoms with van der Waals surface area (Å²) >= 11 is 6.12. The van der Waals surface area contributed by atoms with E-state index in [2.05, 4.69) is 15.1 Å². The average molecular weight is 506 g/mol. The summed E-state index contributed by atoms with van der Waals surface area (Å²) < 4.78 is 59.7. The minimum Gasteiger partial charge on any atom is -0.395 e. The number of hydrogen-bond acceptors (Lipinski definition) is 5. The number of nitrogens with zero attached hydrogens (tertiary/aromatic N) is 5. The summed E-state index contributed by atoms with van der Waals surface area (Å²) in [4.78, 5) is 7.77. The summed E-state index contributed by atoms with van der Waals surface area (Å²) in [6, 6.07) is 9.20. The maximum absolute atomic E-state index is 14.6. The van der Waals surface area contributed by atoms with Gasteiger partial charge in [-0.15, -0.1) is 0 Å². The maximum Gasteiger partial charge on any atom is 0.425 e. The van der Waals surface area contributed by atoms with Crippen molar-refractivity contribution in [1.29, 1.82) is 0 Å². The zero-order valence-electron chi connectivity index (χ0n) is 17.7. The first-order valence-electron chi connectivity index (χ1n) is 10.3. The molecule has 5 aromatic rings. The minimum absolute atomic E-state index is 0.0612. The van der Waals surface area contributed by atoms with Crippen molar-refractivity contribution in [2.75, 3.05) is 6.61 Å². The molecule has 0 fully saturated rings. The zero-order chi connectivity index (χ0) is 25.0. The van der Waals surface area contributed by atoms with Gasteiger partial charge in [0.15, 0.2) is 5.15 Å². The summed E-state index contributed by atoms with van der Waals surface area (Å²) in [6.07, 6.45) is -1.72. The van der Waals surface area contributed by atoms with Crippen LogP contribution in [0.2, 0.25) is 5.15 Å². The Morgan fingerprint density at radius 2 is 1.77 bits per heavy atom. The quantitative estimate of drug-likeness (QED) is 0.274. The van der Waals surface area contributed by atoms with Gasteiger partial charge in [-0.25, -0.2) is 19.0 Å². The predicted octanol–water partition coefficient (Wildman–Crippen LogP) is 4.35. The number of alkyl halides is 3. The third-order valence-corrected chi connectivity index (χ3v) is 6.08. The van der Waals surface area contributed by atoms with Crippen LogP contribution in [0.1, 0.15) is 11.1 Å². The molecule has 5 rings (SSSR count). The molecule has 3 aromatic heterocycles. The number of aromatic nitrogens is 5. The highest BCUT2D eigenvalue weighted by atomic mass is 35.5. The summed E-state index contributed by atoms with van der Waals surface area (Å²) in [5.74, 6) is -0.438. The summed E-state index contributed by atoms with van der Waals surface area (Å²) in [6.45, 7) is -0.464. The first-order chi connectivity index (χ1) is 16.6. The first kappa shape index (κ1) is 23.2. The Kier molecular flexibility index (Phi) is 5.50. The molecule has 0 aliphatic rings. The van der Waals surface area contributed by atoms with Crippen molar-refractivity contribution in [3.8, 4) is 5.69 Å². The van der Waals surface area contributed by atoms with E-state index in [1.165, 1.54) is 51.8 Å². The predicted molar refractivity (Wildman–Crippen MR) is 120 cm³/mol. The first-order valence-corrected chi connectivity index (χ1v) is 10.7. The van der Waals surface area contributed by atoms with Gasteiger partial charge in [0.05, 0.1) is 29.5 Å².